The van der Waals surface area contributed by atoms with Crippen LogP contribution in [0.4, 0.5) is 9.52 Å². The number of nitrogens with one attached hydrogen (secondary N) is 1. The highest BCUT2D eigenvalue weighted by molar-refractivity contribution is 7.19. The second kappa shape index (κ2) is 8.30. The molecule has 36 heavy (non-hydrogen) atoms. The van der Waals surface area contributed by atoms with Crippen LogP contribution in [-0.2, 0) is 6.42 Å². The Morgan fingerprint density at radius 2 is 2.06 bits per heavy atom. The summed E-state index contributed by atoms with van der Waals surface area (Å²) in [6, 6.07) is 11.7. The number of carbonyl (C=O) groups is 2. The second-order valence-electron chi connectivity index (χ2n) is 10.4. The summed E-state index contributed by atoms with van der Waals surface area (Å²) in [7, 11) is 0. The van der Waals surface area contributed by atoms with Crippen molar-refractivity contribution in [1.82, 2.24) is 15.2 Å². The Labute approximate surface area is 212 Å². The van der Waals surface area contributed by atoms with Crippen LogP contribution in [-0.4, -0.2) is 45.9 Å². The quantitative estimate of drug-likeness (QED) is 0.539. The molecule has 7 nitrogen and oxygen atoms in total. The van der Waals surface area contributed by atoms with Gasteiger partial charge in [-0.2, -0.15) is 0 Å². The third kappa shape index (κ3) is 4.01. The summed E-state index contributed by atoms with van der Waals surface area (Å²) in [4.78, 5) is 33.6. The number of nitrogens with two attached hydrogens (primary N) is 1. The monoisotopic (exact) mass is 506 g/mol. The molecule has 3 aliphatic rings. The van der Waals surface area contributed by atoms with E-state index in [1.807, 2.05) is 30.9 Å². The van der Waals surface area contributed by atoms with Crippen LogP contribution < -0.4 is 15.8 Å². The first-order valence-electron chi connectivity index (χ1n) is 12.1. The van der Waals surface area contributed by atoms with E-state index in [-0.39, 0.29) is 46.1 Å². The predicted octanol–water partition coefficient (Wildman–Crippen LogP) is 4.28. The Morgan fingerprint density at radius 1 is 1.25 bits per heavy atom. The molecule has 1 aliphatic carbocycles. The van der Waals surface area contributed by atoms with Crippen molar-refractivity contribution in [2.75, 3.05) is 12.3 Å². The number of fused-ring (bicyclic) bond motifs is 2. The summed E-state index contributed by atoms with van der Waals surface area (Å²) < 4.78 is 19.9. The number of hydrogen-bond donors (Lipinski definition) is 2. The molecule has 6 rings (SSSR count). The van der Waals surface area contributed by atoms with Crippen LogP contribution in [0.3, 0.4) is 0 Å². The van der Waals surface area contributed by atoms with Crippen LogP contribution >= 0.6 is 11.3 Å². The summed E-state index contributed by atoms with van der Waals surface area (Å²) in [6.07, 6.45) is 2.52. The molecular weight excluding hydrogens is 479 g/mol. The van der Waals surface area contributed by atoms with Crippen molar-refractivity contribution in [3.8, 4) is 16.2 Å². The molecule has 3 heterocycles. The Hall–Kier alpha value is -3.46. The van der Waals surface area contributed by atoms with E-state index in [0.717, 1.165) is 24.8 Å². The van der Waals surface area contributed by atoms with E-state index < -0.39 is 0 Å². The lowest BCUT2D eigenvalue weighted by molar-refractivity contribution is 0.0683. The van der Waals surface area contributed by atoms with Gasteiger partial charge in [-0.15, -0.1) is 0 Å². The highest BCUT2D eigenvalue weighted by atomic mass is 32.1. The van der Waals surface area contributed by atoms with E-state index >= 15 is 0 Å². The zero-order chi connectivity index (χ0) is 25.2. The van der Waals surface area contributed by atoms with Gasteiger partial charge < -0.3 is 20.7 Å². The maximum Gasteiger partial charge on any atom is 0.274 e. The number of rotatable bonds is 5. The van der Waals surface area contributed by atoms with Crippen molar-refractivity contribution in [1.29, 1.82) is 0 Å². The van der Waals surface area contributed by atoms with Crippen LogP contribution in [0, 0.1) is 11.7 Å². The molecule has 3 aromatic rings. The van der Waals surface area contributed by atoms with Gasteiger partial charge in [-0.1, -0.05) is 35.6 Å². The van der Waals surface area contributed by atoms with Gasteiger partial charge in [0.15, 0.2) is 5.13 Å². The lowest BCUT2D eigenvalue weighted by atomic mass is 10.0. The maximum atomic E-state index is 13.9. The van der Waals surface area contributed by atoms with Crippen LogP contribution in [0.2, 0.25) is 0 Å². The molecule has 0 radical (unpaired) electrons. The van der Waals surface area contributed by atoms with Gasteiger partial charge in [-0.3, -0.25) is 9.59 Å². The summed E-state index contributed by atoms with van der Waals surface area (Å²) in [5.41, 5.74) is 7.98. The number of ether oxygens (including phenoxy) is 1. The number of nitrogen functional groups attached to an aromatic ring is 1. The fourth-order valence-corrected chi connectivity index (χ4v) is 6.41. The normalized spacial score (nSPS) is 23.1. The van der Waals surface area contributed by atoms with E-state index in [9.17, 15) is 14.0 Å². The van der Waals surface area contributed by atoms with E-state index in [1.54, 1.807) is 18.2 Å². The molecule has 0 bridgehead atoms. The number of thiazole rings is 1. The molecule has 3 atom stereocenters. The number of benzene rings is 2. The van der Waals surface area contributed by atoms with Gasteiger partial charge in [-0.05, 0) is 61.9 Å². The van der Waals surface area contributed by atoms with E-state index in [0.29, 0.717) is 34.2 Å². The summed E-state index contributed by atoms with van der Waals surface area (Å²) in [5, 5.41) is 3.29. The first-order valence-corrected chi connectivity index (χ1v) is 13.0. The minimum absolute atomic E-state index is 0.132. The lowest BCUT2D eigenvalue weighted by Gasteiger charge is -2.28. The molecule has 0 spiro atoms. The first kappa shape index (κ1) is 23.0. The summed E-state index contributed by atoms with van der Waals surface area (Å²) in [6.45, 7) is 4.35. The highest BCUT2D eigenvalue weighted by Gasteiger charge is 2.54. The molecule has 2 amide bonds. The number of amides is 2. The van der Waals surface area contributed by atoms with E-state index in [4.69, 9.17) is 10.5 Å². The van der Waals surface area contributed by atoms with E-state index in [1.165, 1.54) is 23.5 Å². The van der Waals surface area contributed by atoms with Crippen molar-refractivity contribution in [2.24, 2.45) is 5.92 Å². The largest absolute Gasteiger partial charge is 0.486 e. The minimum atomic E-state index is -0.387. The number of anilines is 1. The summed E-state index contributed by atoms with van der Waals surface area (Å²) >= 11 is 1.17. The molecule has 9 heteroatoms. The number of hydrogen-bond acceptors (Lipinski definition) is 6. The summed E-state index contributed by atoms with van der Waals surface area (Å²) in [5.74, 6) is 0.240. The van der Waals surface area contributed by atoms with Gasteiger partial charge in [0.2, 0.25) is 0 Å². The van der Waals surface area contributed by atoms with Crippen molar-refractivity contribution in [3.63, 3.8) is 0 Å². The Bertz CT molecular complexity index is 1390. The van der Waals surface area contributed by atoms with Gasteiger partial charge in [0.1, 0.15) is 22.9 Å². The molecule has 2 unspecified atom stereocenters. The van der Waals surface area contributed by atoms with Crippen LogP contribution in [0.5, 0.6) is 5.75 Å². The number of nitrogens with zero attached hydrogens (tertiary/aromatic N) is 2. The van der Waals surface area contributed by atoms with Crippen molar-refractivity contribution in [2.45, 2.75) is 50.8 Å². The second-order valence-corrected chi connectivity index (χ2v) is 11.5. The van der Waals surface area contributed by atoms with Gasteiger partial charge in [0, 0.05) is 19.0 Å². The molecule has 1 saturated carbocycles. The van der Waals surface area contributed by atoms with Crippen molar-refractivity contribution >= 4 is 28.3 Å². The molecule has 186 valence electrons. The molecule has 2 aliphatic heterocycles. The highest BCUT2D eigenvalue weighted by Crippen LogP contribution is 2.49. The Morgan fingerprint density at radius 3 is 2.86 bits per heavy atom. The van der Waals surface area contributed by atoms with Crippen LogP contribution in [0.1, 0.15) is 53.1 Å². The van der Waals surface area contributed by atoms with Gasteiger partial charge in [-0.25, -0.2) is 9.37 Å². The Balaban J connectivity index is 1.21. The fraction of sp³-hybridized carbons (Fsp3) is 0.370. The molecule has 1 saturated heterocycles. The van der Waals surface area contributed by atoms with Gasteiger partial charge in [0.25, 0.3) is 11.8 Å². The zero-order valence-corrected chi connectivity index (χ0v) is 20.9. The topological polar surface area (TPSA) is 97.6 Å². The predicted molar refractivity (Wildman–Crippen MR) is 136 cm³/mol. The number of carbonyl (C=O) groups excluding carboxylic acids is 2. The van der Waals surface area contributed by atoms with Crippen LogP contribution in [0.25, 0.3) is 10.4 Å². The number of likely N-dealkylation sites (tertiary alicyclic amines) is 1. The Kier molecular flexibility index (Phi) is 5.29. The maximum absolute atomic E-state index is 13.9. The third-order valence-electron chi connectivity index (χ3n) is 7.21. The fourth-order valence-electron chi connectivity index (χ4n) is 5.59. The average Bonchev–Trinajstić information content (AvgIpc) is 3.16. The first-order chi connectivity index (χ1) is 17.2. The lowest BCUT2D eigenvalue weighted by Crippen LogP contribution is -2.45. The van der Waals surface area contributed by atoms with Crippen LogP contribution in [0.15, 0.2) is 42.5 Å². The SMILES string of the molecule is CC1(C)Cc2cccc(C(=O)NC[C@@H]3CC4CC4N3C(=O)c3nc(N)sc3-c3cccc(F)c3)c2O1. The van der Waals surface area contributed by atoms with Crippen molar-refractivity contribution in [3.05, 3.63) is 65.1 Å². The number of aromatic nitrogens is 1. The van der Waals surface area contributed by atoms with E-state index in [2.05, 4.69) is 10.3 Å². The average molecular weight is 507 g/mol. The smallest absolute Gasteiger partial charge is 0.274 e. The minimum Gasteiger partial charge on any atom is -0.486 e. The number of para-hydroxylation sites is 1. The molecule has 2 fully saturated rings. The molecular formula is C27H27FN4O3S. The number of halogens is 1. The molecule has 1 aromatic heterocycles. The molecule has 2 aromatic carbocycles. The van der Waals surface area contributed by atoms with Crippen molar-refractivity contribution < 1.29 is 18.7 Å². The zero-order valence-electron chi connectivity index (χ0n) is 20.1. The van der Waals surface area contributed by atoms with Gasteiger partial charge in [0.05, 0.1) is 16.5 Å². The number of piperidine rings is 1. The standard InChI is InChI=1S/C27H27FN4O3S/c1-27(2)12-15-6-4-8-19(22(15)35-27)24(33)30-13-18-10-16-11-20(16)32(18)25(34)21-23(36-26(29)31-21)14-5-3-7-17(28)9-14/h3-9,16,18,20H,10-13H2,1-2H3,(H2,29,31)(H,30,33)/t16?,18-,20?/m0/s1. The molecule has 3 N–H and O–H groups in total. The third-order valence-corrected chi connectivity index (χ3v) is 8.15. The van der Waals surface area contributed by atoms with Gasteiger partial charge >= 0.3 is 0 Å².